The fourth-order valence-corrected chi connectivity index (χ4v) is 3.83. The van der Waals surface area contributed by atoms with Crippen LogP contribution in [0.4, 0.5) is 5.69 Å². The van der Waals surface area contributed by atoms with Gasteiger partial charge in [0.05, 0.1) is 12.0 Å². The third-order valence-electron chi connectivity index (χ3n) is 4.24. The number of methoxy groups -OCH3 is 1. The zero-order valence-electron chi connectivity index (χ0n) is 13.7. The van der Waals surface area contributed by atoms with Crippen LogP contribution in [0.3, 0.4) is 0 Å². The maximum Gasteiger partial charge on any atom is 0.240 e. The average molecular weight is 346 g/mol. The van der Waals surface area contributed by atoms with Gasteiger partial charge in [-0.3, -0.25) is 0 Å². The normalized spacial score (nSPS) is 14.8. The number of anilines is 1. The van der Waals surface area contributed by atoms with E-state index in [0.717, 1.165) is 18.7 Å². The molecule has 6 heteroatoms. The second-order valence-corrected chi connectivity index (χ2v) is 7.63. The van der Waals surface area contributed by atoms with Crippen molar-refractivity contribution in [2.24, 2.45) is 0 Å². The predicted molar refractivity (Wildman–Crippen MR) is 94.9 cm³/mol. The van der Waals surface area contributed by atoms with Crippen molar-refractivity contribution in [2.45, 2.75) is 24.3 Å². The van der Waals surface area contributed by atoms with Crippen LogP contribution in [0.2, 0.25) is 0 Å². The summed E-state index contributed by atoms with van der Waals surface area (Å²) in [6.45, 7) is 2.47. The minimum Gasteiger partial charge on any atom is -0.497 e. The van der Waals surface area contributed by atoms with Crippen LogP contribution in [0.5, 0.6) is 5.75 Å². The summed E-state index contributed by atoms with van der Waals surface area (Å²) in [6, 6.07) is 14.4. The Balaban J connectivity index is 1.63. The van der Waals surface area contributed by atoms with Crippen LogP contribution >= 0.6 is 0 Å². The molecule has 1 aliphatic heterocycles. The van der Waals surface area contributed by atoms with Gasteiger partial charge in [0.15, 0.2) is 0 Å². The number of rotatable bonds is 6. The van der Waals surface area contributed by atoms with E-state index in [1.165, 1.54) is 30.7 Å². The smallest absolute Gasteiger partial charge is 0.240 e. The van der Waals surface area contributed by atoms with Gasteiger partial charge in [0.1, 0.15) is 5.75 Å². The molecule has 0 radical (unpaired) electrons. The minimum atomic E-state index is -3.53. The summed E-state index contributed by atoms with van der Waals surface area (Å²) >= 11 is 0. The Bertz CT molecular complexity index is 765. The van der Waals surface area contributed by atoms with E-state index in [-0.39, 0.29) is 11.4 Å². The summed E-state index contributed by atoms with van der Waals surface area (Å²) in [5, 5.41) is 0. The Hall–Kier alpha value is -2.05. The number of hydrogen-bond donors (Lipinski definition) is 1. The number of ether oxygens (including phenoxy) is 1. The summed E-state index contributed by atoms with van der Waals surface area (Å²) in [5.74, 6) is 0.631. The molecule has 1 heterocycles. The highest BCUT2D eigenvalue weighted by molar-refractivity contribution is 7.89. The molecular formula is C18H22N2O3S. The molecule has 2 aromatic rings. The topological polar surface area (TPSA) is 58.6 Å². The van der Waals surface area contributed by atoms with Crippen molar-refractivity contribution in [3.05, 3.63) is 54.1 Å². The number of benzene rings is 2. The van der Waals surface area contributed by atoms with Gasteiger partial charge in [0.25, 0.3) is 0 Å². The molecule has 0 bridgehead atoms. The van der Waals surface area contributed by atoms with E-state index in [2.05, 4.69) is 21.8 Å². The molecule has 0 amide bonds. The van der Waals surface area contributed by atoms with E-state index in [9.17, 15) is 8.42 Å². The van der Waals surface area contributed by atoms with Gasteiger partial charge in [-0.2, -0.15) is 0 Å². The van der Waals surface area contributed by atoms with E-state index < -0.39 is 10.0 Å². The fraction of sp³-hybridized carbons (Fsp3) is 0.333. The van der Waals surface area contributed by atoms with Gasteiger partial charge in [0, 0.05) is 25.3 Å². The monoisotopic (exact) mass is 346 g/mol. The molecule has 5 nitrogen and oxygen atoms in total. The van der Waals surface area contributed by atoms with Gasteiger partial charge >= 0.3 is 0 Å². The Kier molecular flexibility index (Phi) is 5.06. The zero-order valence-corrected chi connectivity index (χ0v) is 14.6. The molecule has 1 aliphatic rings. The highest BCUT2D eigenvalue weighted by Crippen LogP contribution is 2.21. The molecule has 128 valence electrons. The summed E-state index contributed by atoms with van der Waals surface area (Å²) in [6.07, 6.45) is 2.48. The van der Waals surface area contributed by atoms with Gasteiger partial charge in [-0.05, 0) is 54.8 Å². The van der Waals surface area contributed by atoms with Crippen LogP contribution in [0.25, 0.3) is 0 Å². The predicted octanol–water partition coefficient (Wildman–Crippen LogP) is 2.77. The number of sulfonamides is 1. The molecule has 0 unspecified atom stereocenters. The maximum atomic E-state index is 12.3. The third-order valence-corrected chi connectivity index (χ3v) is 5.66. The Morgan fingerprint density at radius 3 is 2.21 bits per heavy atom. The molecule has 1 N–H and O–H groups in total. The molecule has 0 aliphatic carbocycles. The van der Waals surface area contributed by atoms with Gasteiger partial charge in [-0.1, -0.05) is 12.1 Å². The lowest BCUT2D eigenvalue weighted by Gasteiger charge is -2.17. The highest BCUT2D eigenvalue weighted by Gasteiger charge is 2.14. The lowest BCUT2D eigenvalue weighted by molar-refractivity contribution is 0.414. The molecule has 0 saturated carbocycles. The molecule has 0 aromatic heterocycles. The average Bonchev–Trinajstić information content (AvgIpc) is 3.15. The van der Waals surface area contributed by atoms with Crippen LogP contribution in [-0.2, 0) is 16.6 Å². The lowest BCUT2D eigenvalue weighted by Crippen LogP contribution is -2.23. The van der Waals surface area contributed by atoms with Crippen molar-refractivity contribution >= 4 is 15.7 Å². The molecule has 1 saturated heterocycles. The van der Waals surface area contributed by atoms with Crippen LogP contribution in [0, 0.1) is 0 Å². The SMILES string of the molecule is COc1ccc(S(=O)(=O)NCc2ccc(N3CCCC3)cc2)cc1. The van der Waals surface area contributed by atoms with Gasteiger partial charge < -0.3 is 9.64 Å². The number of hydrogen-bond acceptors (Lipinski definition) is 4. The summed E-state index contributed by atoms with van der Waals surface area (Å²) in [4.78, 5) is 2.59. The zero-order chi connectivity index (χ0) is 17.0. The second-order valence-electron chi connectivity index (χ2n) is 5.86. The van der Waals surface area contributed by atoms with Crippen LogP contribution in [-0.4, -0.2) is 28.6 Å². The Labute approximate surface area is 143 Å². The summed E-state index contributed by atoms with van der Waals surface area (Å²) in [7, 11) is -1.98. The fourth-order valence-electron chi connectivity index (χ4n) is 2.82. The molecular weight excluding hydrogens is 324 g/mol. The van der Waals surface area contributed by atoms with Crippen LogP contribution < -0.4 is 14.4 Å². The van der Waals surface area contributed by atoms with E-state index in [1.807, 2.05) is 12.1 Å². The first kappa shape index (κ1) is 16.8. The standard InChI is InChI=1S/C18H22N2O3S/c1-23-17-8-10-18(11-9-17)24(21,22)19-14-15-4-6-16(7-5-15)20-12-2-3-13-20/h4-11,19H,2-3,12-14H2,1H3. The molecule has 0 atom stereocenters. The van der Waals surface area contributed by atoms with Gasteiger partial charge in [-0.15, -0.1) is 0 Å². The maximum absolute atomic E-state index is 12.3. The van der Waals surface area contributed by atoms with E-state index >= 15 is 0 Å². The van der Waals surface area contributed by atoms with Crippen LogP contribution in [0.1, 0.15) is 18.4 Å². The number of nitrogens with one attached hydrogen (secondary N) is 1. The first-order valence-electron chi connectivity index (χ1n) is 8.06. The Morgan fingerprint density at radius 1 is 1.00 bits per heavy atom. The van der Waals surface area contributed by atoms with Crippen molar-refractivity contribution in [1.29, 1.82) is 0 Å². The van der Waals surface area contributed by atoms with E-state index in [4.69, 9.17) is 4.74 Å². The lowest BCUT2D eigenvalue weighted by atomic mass is 10.2. The quantitative estimate of drug-likeness (QED) is 0.874. The number of nitrogens with zero attached hydrogens (tertiary/aromatic N) is 1. The van der Waals surface area contributed by atoms with Crippen molar-refractivity contribution in [1.82, 2.24) is 4.72 Å². The van der Waals surface area contributed by atoms with Gasteiger partial charge in [-0.25, -0.2) is 13.1 Å². The summed E-state index contributed by atoms with van der Waals surface area (Å²) < 4.78 is 32.3. The minimum absolute atomic E-state index is 0.233. The summed E-state index contributed by atoms with van der Waals surface area (Å²) in [5.41, 5.74) is 2.14. The molecule has 24 heavy (non-hydrogen) atoms. The highest BCUT2D eigenvalue weighted by atomic mass is 32.2. The van der Waals surface area contributed by atoms with Crippen LogP contribution in [0.15, 0.2) is 53.4 Å². The second kappa shape index (κ2) is 7.23. The van der Waals surface area contributed by atoms with Crippen molar-refractivity contribution in [2.75, 3.05) is 25.1 Å². The van der Waals surface area contributed by atoms with Gasteiger partial charge in [0.2, 0.25) is 10.0 Å². The molecule has 3 rings (SSSR count). The molecule has 0 spiro atoms. The van der Waals surface area contributed by atoms with Crippen molar-refractivity contribution < 1.29 is 13.2 Å². The van der Waals surface area contributed by atoms with Crippen molar-refractivity contribution in [3.8, 4) is 5.75 Å². The Morgan fingerprint density at radius 2 is 1.62 bits per heavy atom. The molecule has 1 fully saturated rings. The van der Waals surface area contributed by atoms with Crippen molar-refractivity contribution in [3.63, 3.8) is 0 Å². The first-order valence-corrected chi connectivity index (χ1v) is 9.54. The third kappa shape index (κ3) is 3.88. The first-order chi connectivity index (χ1) is 11.6. The van der Waals surface area contributed by atoms with E-state index in [1.54, 1.807) is 19.2 Å². The largest absolute Gasteiger partial charge is 0.497 e. The molecule has 2 aromatic carbocycles. The van der Waals surface area contributed by atoms with E-state index in [0.29, 0.717) is 5.75 Å².